The van der Waals surface area contributed by atoms with Crippen LogP contribution in [0.2, 0.25) is 0 Å². The molecular weight excluding hydrogens is 228 g/mol. The highest BCUT2D eigenvalue weighted by molar-refractivity contribution is 6.00. The first-order valence-corrected chi connectivity index (χ1v) is 6.50. The molecular formula is C15H16O3. The maximum atomic E-state index is 12.5. The lowest BCUT2D eigenvalue weighted by Gasteiger charge is -2.26. The van der Waals surface area contributed by atoms with Crippen LogP contribution in [-0.2, 0) is 4.79 Å². The second kappa shape index (κ2) is 4.23. The van der Waals surface area contributed by atoms with Crippen LogP contribution in [0.5, 0.6) is 0 Å². The Morgan fingerprint density at radius 3 is 2.22 bits per heavy atom. The molecule has 2 aliphatic carbocycles. The van der Waals surface area contributed by atoms with Gasteiger partial charge in [-0.2, -0.15) is 0 Å². The smallest absolute Gasteiger partial charge is 0.307 e. The van der Waals surface area contributed by atoms with Gasteiger partial charge in [-0.1, -0.05) is 30.3 Å². The Labute approximate surface area is 106 Å². The van der Waals surface area contributed by atoms with Crippen LogP contribution in [0.4, 0.5) is 0 Å². The van der Waals surface area contributed by atoms with Crippen molar-refractivity contribution in [1.82, 2.24) is 0 Å². The van der Waals surface area contributed by atoms with Crippen LogP contribution in [0.15, 0.2) is 30.3 Å². The lowest BCUT2D eigenvalue weighted by molar-refractivity contribution is -0.144. The van der Waals surface area contributed by atoms with Crippen LogP contribution in [-0.4, -0.2) is 16.9 Å². The zero-order chi connectivity index (χ0) is 12.7. The maximum Gasteiger partial charge on any atom is 0.307 e. The fourth-order valence-electron chi connectivity index (χ4n) is 3.82. The second-order valence-corrected chi connectivity index (χ2v) is 5.45. The minimum Gasteiger partial charge on any atom is -0.481 e. The fraction of sp³-hybridized carbons (Fsp3) is 0.467. The normalized spacial score (nSPS) is 33.6. The minimum atomic E-state index is -0.795. The summed E-state index contributed by atoms with van der Waals surface area (Å²) in [7, 11) is 0. The molecule has 4 atom stereocenters. The molecule has 1 N–H and O–H groups in total. The van der Waals surface area contributed by atoms with Gasteiger partial charge >= 0.3 is 5.97 Å². The SMILES string of the molecule is O=C(O)[C@@H]1[C@@H]2CC[C@@H](C2)[C@@H]1C(=O)c1ccccc1. The number of carbonyl (C=O) groups is 2. The van der Waals surface area contributed by atoms with Crippen molar-refractivity contribution in [3.8, 4) is 0 Å². The van der Waals surface area contributed by atoms with Crippen LogP contribution >= 0.6 is 0 Å². The molecule has 2 aliphatic rings. The summed E-state index contributed by atoms with van der Waals surface area (Å²) >= 11 is 0. The molecule has 3 nitrogen and oxygen atoms in total. The summed E-state index contributed by atoms with van der Waals surface area (Å²) in [6, 6.07) is 9.10. The largest absolute Gasteiger partial charge is 0.481 e. The van der Waals surface area contributed by atoms with E-state index in [2.05, 4.69) is 0 Å². The van der Waals surface area contributed by atoms with E-state index < -0.39 is 11.9 Å². The third-order valence-electron chi connectivity index (χ3n) is 4.56. The first-order valence-electron chi connectivity index (χ1n) is 6.50. The number of hydrogen-bond acceptors (Lipinski definition) is 2. The molecule has 18 heavy (non-hydrogen) atoms. The Morgan fingerprint density at radius 1 is 1.00 bits per heavy atom. The van der Waals surface area contributed by atoms with Gasteiger partial charge < -0.3 is 5.11 Å². The molecule has 3 heteroatoms. The Morgan fingerprint density at radius 2 is 1.61 bits per heavy atom. The van der Waals surface area contributed by atoms with E-state index in [9.17, 15) is 14.7 Å². The summed E-state index contributed by atoms with van der Waals surface area (Å²) in [5.74, 6) is -1.04. The molecule has 0 spiro atoms. The van der Waals surface area contributed by atoms with Crippen molar-refractivity contribution in [3.05, 3.63) is 35.9 Å². The van der Waals surface area contributed by atoms with Gasteiger partial charge in [0.1, 0.15) is 0 Å². The van der Waals surface area contributed by atoms with Gasteiger partial charge in [-0.25, -0.2) is 0 Å². The number of carboxylic acid groups (broad SMARTS) is 1. The number of benzene rings is 1. The maximum absolute atomic E-state index is 12.5. The van der Waals surface area contributed by atoms with Crippen molar-refractivity contribution in [2.24, 2.45) is 23.7 Å². The highest BCUT2D eigenvalue weighted by Gasteiger charge is 2.53. The van der Waals surface area contributed by atoms with E-state index in [-0.39, 0.29) is 23.5 Å². The molecule has 0 heterocycles. The number of ketones is 1. The number of fused-ring (bicyclic) bond motifs is 2. The van der Waals surface area contributed by atoms with Crippen molar-refractivity contribution in [1.29, 1.82) is 0 Å². The molecule has 0 saturated heterocycles. The molecule has 2 saturated carbocycles. The molecule has 0 amide bonds. The molecule has 1 aromatic carbocycles. The molecule has 2 fully saturated rings. The number of carbonyl (C=O) groups excluding carboxylic acids is 1. The number of hydrogen-bond donors (Lipinski definition) is 1. The van der Waals surface area contributed by atoms with Crippen molar-refractivity contribution in [2.75, 3.05) is 0 Å². The standard InChI is InChI=1S/C15H16O3/c16-14(9-4-2-1-3-5-9)12-10-6-7-11(8-10)13(12)15(17)18/h1-5,10-13H,6-8H2,(H,17,18)/t10-,11+,12-,13+/m0/s1. The molecule has 0 unspecified atom stereocenters. The molecule has 1 aromatic rings. The fourth-order valence-corrected chi connectivity index (χ4v) is 3.82. The van der Waals surface area contributed by atoms with Gasteiger partial charge in [0.15, 0.2) is 5.78 Å². The van der Waals surface area contributed by atoms with Crippen LogP contribution in [0.1, 0.15) is 29.6 Å². The molecule has 94 valence electrons. The van der Waals surface area contributed by atoms with E-state index in [0.29, 0.717) is 5.56 Å². The van der Waals surface area contributed by atoms with E-state index in [0.717, 1.165) is 19.3 Å². The van der Waals surface area contributed by atoms with Gasteiger partial charge in [-0.3, -0.25) is 9.59 Å². The van der Waals surface area contributed by atoms with Crippen molar-refractivity contribution < 1.29 is 14.7 Å². The highest BCUT2D eigenvalue weighted by Crippen LogP contribution is 2.53. The Balaban J connectivity index is 1.91. The van der Waals surface area contributed by atoms with E-state index in [1.54, 1.807) is 12.1 Å². The minimum absolute atomic E-state index is 0.0233. The quantitative estimate of drug-likeness (QED) is 0.831. The summed E-state index contributed by atoms with van der Waals surface area (Å²) in [6.45, 7) is 0. The summed E-state index contributed by atoms with van der Waals surface area (Å²) in [5, 5.41) is 9.35. The molecule has 2 bridgehead atoms. The predicted molar refractivity (Wildman–Crippen MR) is 66.2 cm³/mol. The molecule has 0 radical (unpaired) electrons. The summed E-state index contributed by atoms with van der Waals surface area (Å²) in [6.07, 6.45) is 2.90. The third-order valence-corrected chi connectivity index (χ3v) is 4.56. The highest BCUT2D eigenvalue weighted by atomic mass is 16.4. The van der Waals surface area contributed by atoms with Gasteiger partial charge in [-0.05, 0) is 31.1 Å². The molecule has 0 aliphatic heterocycles. The van der Waals surface area contributed by atoms with Crippen molar-refractivity contribution in [2.45, 2.75) is 19.3 Å². The van der Waals surface area contributed by atoms with Crippen molar-refractivity contribution >= 4 is 11.8 Å². The molecule has 0 aromatic heterocycles. The monoisotopic (exact) mass is 244 g/mol. The lowest BCUT2D eigenvalue weighted by Crippen LogP contribution is -2.34. The van der Waals surface area contributed by atoms with Crippen molar-refractivity contribution in [3.63, 3.8) is 0 Å². The van der Waals surface area contributed by atoms with Crippen LogP contribution < -0.4 is 0 Å². The number of Topliss-reactive ketones (excluding diaryl/α,β-unsaturated/α-hetero) is 1. The lowest BCUT2D eigenvalue weighted by atomic mass is 9.75. The predicted octanol–water partition coefficient (Wildman–Crippen LogP) is 2.62. The zero-order valence-corrected chi connectivity index (χ0v) is 10.1. The number of rotatable bonds is 3. The topological polar surface area (TPSA) is 54.4 Å². The first kappa shape index (κ1) is 11.5. The average molecular weight is 244 g/mol. The second-order valence-electron chi connectivity index (χ2n) is 5.45. The van der Waals surface area contributed by atoms with Gasteiger partial charge in [0.25, 0.3) is 0 Å². The van der Waals surface area contributed by atoms with Gasteiger partial charge in [0, 0.05) is 11.5 Å². The summed E-state index contributed by atoms with van der Waals surface area (Å²) in [5.41, 5.74) is 0.654. The van der Waals surface area contributed by atoms with E-state index in [4.69, 9.17) is 0 Å². The number of carboxylic acids is 1. The summed E-state index contributed by atoms with van der Waals surface area (Å²) < 4.78 is 0. The number of aliphatic carboxylic acids is 1. The van der Waals surface area contributed by atoms with Gasteiger partial charge in [0.2, 0.25) is 0 Å². The summed E-state index contributed by atoms with van der Waals surface area (Å²) in [4.78, 5) is 23.9. The average Bonchev–Trinajstić information content (AvgIpc) is 2.99. The Bertz CT molecular complexity index is 480. The van der Waals surface area contributed by atoms with Crippen LogP contribution in [0.3, 0.4) is 0 Å². The zero-order valence-electron chi connectivity index (χ0n) is 10.1. The molecule has 3 rings (SSSR count). The van der Waals surface area contributed by atoms with Crippen LogP contribution in [0, 0.1) is 23.7 Å². The van der Waals surface area contributed by atoms with E-state index in [1.165, 1.54) is 0 Å². The first-order chi connectivity index (χ1) is 8.68. The van der Waals surface area contributed by atoms with E-state index in [1.807, 2.05) is 18.2 Å². The Hall–Kier alpha value is -1.64. The van der Waals surface area contributed by atoms with Gasteiger partial charge in [0.05, 0.1) is 5.92 Å². The van der Waals surface area contributed by atoms with Crippen LogP contribution in [0.25, 0.3) is 0 Å². The van der Waals surface area contributed by atoms with E-state index >= 15 is 0 Å². The third kappa shape index (κ3) is 1.65. The Kier molecular flexibility index (Phi) is 2.69. The van der Waals surface area contributed by atoms with Gasteiger partial charge in [-0.15, -0.1) is 0 Å².